The highest BCUT2D eigenvalue weighted by Crippen LogP contribution is 2.36. The third-order valence-corrected chi connectivity index (χ3v) is 3.90. The third-order valence-electron chi connectivity index (χ3n) is 3.90. The molecular weight excluding hydrogens is 296 g/mol. The van der Waals surface area contributed by atoms with Crippen LogP contribution in [0.4, 0.5) is 4.79 Å². The van der Waals surface area contributed by atoms with E-state index in [1.165, 1.54) is 12.8 Å². The summed E-state index contributed by atoms with van der Waals surface area (Å²) in [4.78, 5) is 14.0. The molecule has 0 unspecified atom stereocenters. The van der Waals surface area contributed by atoms with Gasteiger partial charge in [0.1, 0.15) is 6.61 Å². The van der Waals surface area contributed by atoms with Gasteiger partial charge in [0.2, 0.25) is 5.75 Å². The zero-order valence-corrected chi connectivity index (χ0v) is 14.0. The van der Waals surface area contributed by atoms with Gasteiger partial charge in [-0.3, -0.25) is 0 Å². The number of likely N-dealkylation sites (tertiary alicyclic amines) is 1. The Balaban J connectivity index is 1.78. The quantitative estimate of drug-likeness (QED) is 0.818. The molecule has 0 atom stereocenters. The number of nitrogens with one attached hydrogen (secondary N) is 1. The summed E-state index contributed by atoms with van der Waals surface area (Å²) in [5.74, 6) is 1.79. The van der Waals surface area contributed by atoms with Gasteiger partial charge in [0, 0.05) is 13.1 Å². The number of amides is 2. The van der Waals surface area contributed by atoms with E-state index in [-0.39, 0.29) is 6.03 Å². The Morgan fingerprint density at radius 2 is 1.78 bits per heavy atom. The second-order valence-electron chi connectivity index (χ2n) is 5.47. The molecule has 1 aromatic carbocycles. The normalized spacial score (nSPS) is 14.8. The molecule has 0 aromatic heterocycles. The van der Waals surface area contributed by atoms with Crippen molar-refractivity contribution in [2.75, 3.05) is 40.5 Å². The number of carbonyl (C=O) groups excluding carboxylic acids is 1. The maximum Gasteiger partial charge on any atom is 0.317 e. The summed E-state index contributed by atoms with van der Waals surface area (Å²) in [6, 6.07) is 5.46. The number of methoxy groups -OCH3 is 2. The summed E-state index contributed by atoms with van der Waals surface area (Å²) >= 11 is 0. The summed E-state index contributed by atoms with van der Waals surface area (Å²) in [6.07, 6.45) is 4.60. The fourth-order valence-electron chi connectivity index (χ4n) is 2.68. The van der Waals surface area contributed by atoms with Crippen LogP contribution in [-0.4, -0.2) is 51.4 Å². The van der Waals surface area contributed by atoms with E-state index in [2.05, 4.69) is 5.32 Å². The maximum absolute atomic E-state index is 12.1. The second kappa shape index (κ2) is 9.12. The van der Waals surface area contributed by atoms with Gasteiger partial charge in [0.15, 0.2) is 11.5 Å². The van der Waals surface area contributed by atoms with E-state index in [0.717, 1.165) is 25.9 Å². The molecular formula is C17H26N2O4. The summed E-state index contributed by atoms with van der Waals surface area (Å²) < 4.78 is 16.2. The topological polar surface area (TPSA) is 60.0 Å². The van der Waals surface area contributed by atoms with Crippen molar-refractivity contribution in [1.82, 2.24) is 10.2 Å². The number of rotatable bonds is 6. The Morgan fingerprint density at radius 3 is 2.43 bits per heavy atom. The van der Waals surface area contributed by atoms with Crippen molar-refractivity contribution < 1.29 is 19.0 Å². The van der Waals surface area contributed by atoms with Crippen molar-refractivity contribution in [3.63, 3.8) is 0 Å². The molecule has 0 aliphatic carbocycles. The zero-order chi connectivity index (χ0) is 16.5. The molecule has 0 radical (unpaired) electrons. The SMILES string of the molecule is COc1cccc(OCCNC(=O)N2CCCCCC2)c1OC. The average Bonchev–Trinajstić information content (AvgIpc) is 2.87. The van der Waals surface area contributed by atoms with Crippen LogP contribution in [0.5, 0.6) is 17.2 Å². The number of benzene rings is 1. The lowest BCUT2D eigenvalue weighted by Gasteiger charge is -2.21. The smallest absolute Gasteiger partial charge is 0.317 e. The van der Waals surface area contributed by atoms with Crippen LogP contribution in [0.1, 0.15) is 25.7 Å². The number of para-hydroxylation sites is 1. The Labute approximate surface area is 137 Å². The van der Waals surface area contributed by atoms with E-state index in [1.54, 1.807) is 14.2 Å². The Morgan fingerprint density at radius 1 is 1.09 bits per heavy atom. The molecule has 23 heavy (non-hydrogen) atoms. The summed E-state index contributed by atoms with van der Waals surface area (Å²) in [5, 5.41) is 2.91. The molecule has 1 saturated heterocycles. The van der Waals surface area contributed by atoms with Crippen LogP contribution in [0.3, 0.4) is 0 Å². The predicted molar refractivity (Wildman–Crippen MR) is 88.5 cm³/mol. The minimum atomic E-state index is -0.00638. The molecule has 1 N–H and O–H groups in total. The number of nitrogens with zero attached hydrogens (tertiary/aromatic N) is 1. The highest BCUT2D eigenvalue weighted by atomic mass is 16.5. The van der Waals surface area contributed by atoms with Crippen LogP contribution in [-0.2, 0) is 0 Å². The van der Waals surface area contributed by atoms with Gasteiger partial charge in [-0.05, 0) is 25.0 Å². The first kappa shape index (κ1) is 17.2. The zero-order valence-electron chi connectivity index (χ0n) is 14.0. The Kier molecular flexibility index (Phi) is 6.84. The minimum absolute atomic E-state index is 0.00638. The summed E-state index contributed by atoms with van der Waals surface area (Å²) in [5.41, 5.74) is 0. The highest BCUT2D eigenvalue weighted by Gasteiger charge is 2.15. The van der Waals surface area contributed by atoms with Crippen LogP contribution < -0.4 is 19.5 Å². The molecule has 128 valence electrons. The van der Waals surface area contributed by atoms with Crippen LogP contribution in [0.2, 0.25) is 0 Å². The molecule has 0 bridgehead atoms. The Bertz CT molecular complexity index is 499. The number of ether oxygens (including phenoxy) is 3. The van der Waals surface area contributed by atoms with Gasteiger partial charge in [-0.15, -0.1) is 0 Å². The van der Waals surface area contributed by atoms with Crippen LogP contribution in [0.15, 0.2) is 18.2 Å². The number of hydrogen-bond acceptors (Lipinski definition) is 4. The lowest BCUT2D eigenvalue weighted by atomic mass is 10.2. The van der Waals surface area contributed by atoms with E-state index in [4.69, 9.17) is 14.2 Å². The van der Waals surface area contributed by atoms with Gasteiger partial charge in [0.05, 0.1) is 20.8 Å². The second-order valence-corrected chi connectivity index (χ2v) is 5.47. The van der Waals surface area contributed by atoms with E-state index in [1.807, 2.05) is 23.1 Å². The lowest BCUT2D eigenvalue weighted by Crippen LogP contribution is -2.41. The molecule has 6 heteroatoms. The number of carbonyl (C=O) groups is 1. The van der Waals surface area contributed by atoms with Crippen LogP contribution >= 0.6 is 0 Å². The van der Waals surface area contributed by atoms with E-state index in [0.29, 0.717) is 30.4 Å². The molecule has 2 amide bonds. The molecule has 0 saturated carbocycles. The summed E-state index contributed by atoms with van der Waals surface area (Å²) in [6.45, 7) is 2.52. The van der Waals surface area contributed by atoms with Crippen molar-refractivity contribution in [1.29, 1.82) is 0 Å². The molecule has 2 rings (SSSR count). The molecule has 1 aliphatic rings. The first-order chi connectivity index (χ1) is 11.3. The standard InChI is InChI=1S/C17H26N2O4/c1-21-14-8-7-9-15(16(14)22-2)23-13-10-18-17(20)19-11-5-3-4-6-12-19/h7-9H,3-6,10-13H2,1-2H3,(H,18,20). The van der Waals surface area contributed by atoms with Gasteiger partial charge in [-0.2, -0.15) is 0 Å². The van der Waals surface area contributed by atoms with Crippen LogP contribution in [0, 0.1) is 0 Å². The fourth-order valence-corrected chi connectivity index (χ4v) is 2.68. The van der Waals surface area contributed by atoms with Gasteiger partial charge >= 0.3 is 6.03 Å². The van der Waals surface area contributed by atoms with Gasteiger partial charge in [-0.1, -0.05) is 18.9 Å². The minimum Gasteiger partial charge on any atom is -0.493 e. The molecule has 1 aliphatic heterocycles. The van der Waals surface area contributed by atoms with E-state index < -0.39 is 0 Å². The molecule has 1 heterocycles. The first-order valence-corrected chi connectivity index (χ1v) is 8.13. The highest BCUT2D eigenvalue weighted by molar-refractivity contribution is 5.74. The number of hydrogen-bond donors (Lipinski definition) is 1. The fraction of sp³-hybridized carbons (Fsp3) is 0.588. The van der Waals surface area contributed by atoms with E-state index >= 15 is 0 Å². The van der Waals surface area contributed by atoms with Crippen LogP contribution in [0.25, 0.3) is 0 Å². The monoisotopic (exact) mass is 322 g/mol. The maximum atomic E-state index is 12.1. The van der Waals surface area contributed by atoms with Crippen molar-refractivity contribution in [3.8, 4) is 17.2 Å². The average molecular weight is 322 g/mol. The van der Waals surface area contributed by atoms with Crippen molar-refractivity contribution in [2.24, 2.45) is 0 Å². The van der Waals surface area contributed by atoms with Crippen molar-refractivity contribution >= 4 is 6.03 Å². The molecule has 1 aromatic rings. The third kappa shape index (κ3) is 4.94. The summed E-state index contributed by atoms with van der Waals surface area (Å²) in [7, 11) is 3.16. The van der Waals surface area contributed by atoms with Crippen molar-refractivity contribution in [3.05, 3.63) is 18.2 Å². The molecule has 1 fully saturated rings. The van der Waals surface area contributed by atoms with Gasteiger partial charge < -0.3 is 24.4 Å². The van der Waals surface area contributed by atoms with Gasteiger partial charge in [0.25, 0.3) is 0 Å². The first-order valence-electron chi connectivity index (χ1n) is 8.13. The van der Waals surface area contributed by atoms with E-state index in [9.17, 15) is 4.79 Å². The Hall–Kier alpha value is -2.11. The predicted octanol–water partition coefficient (Wildman–Crippen LogP) is 2.67. The lowest BCUT2D eigenvalue weighted by molar-refractivity contribution is 0.196. The molecule has 0 spiro atoms. The molecule has 6 nitrogen and oxygen atoms in total. The largest absolute Gasteiger partial charge is 0.493 e. The van der Waals surface area contributed by atoms with Crippen molar-refractivity contribution in [2.45, 2.75) is 25.7 Å². The van der Waals surface area contributed by atoms with Gasteiger partial charge in [-0.25, -0.2) is 4.79 Å². The number of urea groups is 1.